The Balaban J connectivity index is 2.58. The summed E-state index contributed by atoms with van der Waals surface area (Å²) in [5.74, 6) is 2.09. The van der Waals surface area contributed by atoms with Crippen LogP contribution in [0.4, 0.5) is 0 Å². The van der Waals surface area contributed by atoms with Crippen LogP contribution in [-0.4, -0.2) is 12.1 Å². The average Bonchev–Trinajstić information content (AvgIpc) is 2.70. The van der Waals surface area contributed by atoms with Gasteiger partial charge in [0, 0.05) is 5.56 Å². The molecule has 1 aromatic carbocycles. The van der Waals surface area contributed by atoms with Crippen molar-refractivity contribution in [3.63, 3.8) is 0 Å². The maximum Gasteiger partial charge on any atom is 0.208 e. The molecule has 0 atom stereocenters. The lowest BCUT2D eigenvalue weighted by molar-refractivity contribution is 0.416. The summed E-state index contributed by atoms with van der Waals surface area (Å²) in [4.78, 5) is 4.38. The highest BCUT2D eigenvalue weighted by molar-refractivity contribution is 5.69. The lowest BCUT2D eigenvalue weighted by Crippen LogP contribution is -1.96. The minimum Gasteiger partial charge on any atom is -0.496 e. The molecule has 4 nitrogen and oxygen atoms in total. The van der Waals surface area contributed by atoms with E-state index in [4.69, 9.17) is 14.9 Å². The third kappa shape index (κ3) is 2.17. The molecular formula is C13H16N2O2. The minimum absolute atomic E-state index is 0.301. The second-order valence-electron chi connectivity index (χ2n) is 3.92. The van der Waals surface area contributed by atoms with Crippen molar-refractivity contribution < 1.29 is 9.15 Å². The molecule has 4 heteroatoms. The van der Waals surface area contributed by atoms with E-state index in [1.165, 1.54) is 0 Å². The van der Waals surface area contributed by atoms with Gasteiger partial charge in [0.25, 0.3) is 0 Å². The first-order valence-corrected chi connectivity index (χ1v) is 5.47. The van der Waals surface area contributed by atoms with Crippen molar-refractivity contribution in [2.75, 3.05) is 7.11 Å². The summed E-state index contributed by atoms with van der Waals surface area (Å²) in [7, 11) is 1.65. The van der Waals surface area contributed by atoms with E-state index in [1.54, 1.807) is 7.11 Å². The van der Waals surface area contributed by atoms with Gasteiger partial charge >= 0.3 is 0 Å². The molecule has 0 aliphatic heterocycles. The summed E-state index contributed by atoms with van der Waals surface area (Å²) in [5, 5.41) is 0. The van der Waals surface area contributed by atoms with Gasteiger partial charge in [-0.05, 0) is 26.0 Å². The zero-order chi connectivity index (χ0) is 12.4. The Hall–Kier alpha value is -1.81. The highest BCUT2D eigenvalue weighted by atomic mass is 16.5. The van der Waals surface area contributed by atoms with Crippen LogP contribution in [0.5, 0.6) is 5.75 Å². The van der Waals surface area contributed by atoms with Crippen LogP contribution in [-0.2, 0) is 6.54 Å². The summed E-state index contributed by atoms with van der Waals surface area (Å²) in [6.07, 6.45) is 0. The number of rotatable bonds is 3. The minimum atomic E-state index is 0.301. The van der Waals surface area contributed by atoms with Crippen molar-refractivity contribution in [3.8, 4) is 17.0 Å². The molecule has 0 amide bonds. The molecule has 90 valence electrons. The zero-order valence-corrected chi connectivity index (χ0v) is 10.3. The molecule has 0 unspecified atom stereocenters. The predicted octanol–water partition coefficient (Wildman–Crippen LogP) is 2.43. The monoisotopic (exact) mass is 232 g/mol. The van der Waals surface area contributed by atoms with Gasteiger partial charge < -0.3 is 14.9 Å². The first kappa shape index (κ1) is 11.7. The fourth-order valence-electron chi connectivity index (χ4n) is 1.80. The Kier molecular flexibility index (Phi) is 3.15. The number of hydrogen-bond donors (Lipinski definition) is 1. The van der Waals surface area contributed by atoms with Crippen LogP contribution in [0.3, 0.4) is 0 Å². The van der Waals surface area contributed by atoms with E-state index in [1.807, 2.05) is 32.0 Å². The molecule has 0 saturated carbocycles. The lowest BCUT2D eigenvalue weighted by atomic mass is 10.1. The van der Waals surface area contributed by atoms with Crippen LogP contribution < -0.4 is 10.5 Å². The molecule has 0 fully saturated rings. The van der Waals surface area contributed by atoms with Crippen molar-refractivity contribution in [2.45, 2.75) is 20.4 Å². The summed E-state index contributed by atoms with van der Waals surface area (Å²) in [5.41, 5.74) is 8.41. The fraction of sp³-hybridized carbons (Fsp3) is 0.308. The summed E-state index contributed by atoms with van der Waals surface area (Å²) in [6, 6.07) is 5.96. The number of ether oxygens (including phenoxy) is 1. The quantitative estimate of drug-likeness (QED) is 0.882. The molecular weight excluding hydrogens is 216 g/mol. The van der Waals surface area contributed by atoms with Crippen LogP contribution in [0.1, 0.15) is 17.2 Å². The second-order valence-corrected chi connectivity index (χ2v) is 3.92. The van der Waals surface area contributed by atoms with E-state index < -0.39 is 0 Å². The highest BCUT2D eigenvalue weighted by Crippen LogP contribution is 2.32. The molecule has 0 aliphatic rings. The van der Waals surface area contributed by atoms with E-state index in [0.29, 0.717) is 12.4 Å². The number of methoxy groups -OCH3 is 1. The van der Waals surface area contributed by atoms with Crippen LogP contribution in [0, 0.1) is 13.8 Å². The van der Waals surface area contributed by atoms with Crippen LogP contribution in [0.15, 0.2) is 22.6 Å². The number of benzene rings is 1. The normalized spacial score (nSPS) is 10.6. The third-order valence-electron chi connectivity index (χ3n) is 2.63. The number of oxazole rings is 1. The largest absolute Gasteiger partial charge is 0.496 e. The molecule has 0 spiro atoms. The standard InChI is InChI=1S/C13H16N2O2/c1-8-4-5-11(16-3)10(6-8)13-9(2)17-12(7-14)15-13/h4-6H,7,14H2,1-3H3. The number of hydrogen-bond acceptors (Lipinski definition) is 4. The first-order chi connectivity index (χ1) is 8.15. The SMILES string of the molecule is COc1ccc(C)cc1-c1nc(CN)oc1C. The van der Waals surface area contributed by atoms with Crippen LogP contribution >= 0.6 is 0 Å². The van der Waals surface area contributed by atoms with Crippen LogP contribution in [0.25, 0.3) is 11.3 Å². The summed E-state index contributed by atoms with van der Waals surface area (Å²) in [6.45, 7) is 4.21. The Labute approximate surface area is 100 Å². The van der Waals surface area contributed by atoms with Gasteiger partial charge in [0.2, 0.25) is 5.89 Å². The molecule has 2 rings (SSSR count). The summed E-state index contributed by atoms with van der Waals surface area (Å²) >= 11 is 0. The Morgan fingerprint density at radius 3 is 2.71 bits per heavy atom. The van der Waals surface area contributed by atoms with Gasteiger partial charge in [-0.25, -0.2) is 4.98 Å². The number of aromatic nitrogens is 1. The van der Waals surface area contributed by atoms with Crippen molar-refractivity contribution in [1.82, 2.24) is 4.98 Å². The van der Waals surface area contributed by atoms with Gasteiger partial charge in [-0.2, -0.15) is 0 Å². The Morgan fingerprint density at radius 2 is 2.12 bits per heavy atom. The molecule has 0 saturated heterocycles. The Bertz CT molecular complexity index is 532. The molecule has 1 heterocycles. The lowest BCUT2D eigenvalue weighted by Gasteiger charge is -2.07. The maximum absolute atomic E-state index is 5.52. The van der Waals surface area contributed by atoms with Crippen molar-refractivity contribution in [3.05, 3.63) is 35.4 Å². The molecule has 17 heavy (non-hydrogen) atoms. The van der Waals surface area contributed by atoms with E-state index >= 15 is 0 Å². The molecule has 0 aliphatic carbocycles. The highest BCUT2D eigenvalue weighted by Gasteiger charge is 2.14. The fourth-order valence-corrected chi connectivity index (χ4v) is 1.80. The van der Waals surface area contributed by atoms with Crippen molar-refractivity contribution in [2.24, 2.45) is 5.73 Å². The molecule has 1 aromatic heterocycles. The van der Waals surface area contributed by atoms with Gasteiger partial charge in [-0.15, -0.1) is 0 Å². The average molecular weight is 232 g/mol. The molecule has 2 aromatic rings. The topological polar surface area (TPSA) is 61.3 Å². The smallest absolute Gasteiger partial charge is 0.208 e. The maximum atomic E-state index is 5.52. The Morgan fingerprint density at radius 1 is 1.35 bits per heavy atom. The van der Waals surface area contributed by atoms with E-state index in [-0.39, 0.29) is 0 Å². The third-order valence-corrected chi connectivity index (χ3v) is 2.63. The first-order valence-electron chi connectivity index (χ1n) is 5.47. The van der Waals surface area contributed by atoms with Crippen molar-refractivity contribution in [1.29, 1.82) is 0 Å². The van der Waals surface area contributed by atoms with Gasteiger partial charge in [0.15, 0.2) is 0 Å². The second kappa shape index (κ2) is 4.59. The molecule has 0 bridgehead atoms. The van der Waals surface area contributed by atoms with Gasteiger partial charge in [-0.1, -0.05) is 11.6 Å². The zero-order valence-electron chi connectivity index (χ0n) is 10.3. The number of aryl methyl sites for hydroxylation is 2. The number of nitrogens with zero attached hydrogens (tertiary/aromatic N) is 1. The van der Waals surface area contributed by atoms with Gasteiger partial charge in [0.1, 0.15) is 17.2 Å². The summed E-state index contributed by atoms with van der Waals surface area (Å²) < 4.78 is 10.8. The number of nitrogens with two attached hydrogens (primary N) is 1. The van der Waals surface area contributed by atoms with E-state index in [0.717, 1.165) is 28.3 Å². The van der Waals surface area contributed by atoms with Gasteiger partial charge in [0.05, 0.1) is 13.7 Å². The predicted molar refractivity (Wildman–Crippen MR) is 65.9 cm³/mol. The van der Waals surface area contributed by atoms with Crippen molar-refractivity contribution >= 4 is 0 Å². The van der Waals surface area contributed by atoms with Crippen LogP contribution in [0.2, 0.25) is 0 Å². The van der Waals surface area contributed by atoms with E-state index in [2.05, 4.69) is 4.98 Å². The van der Waals surface area contributed by atoms with E-state index in [9.17, 15) is 0 Å². The van der Waals surface area contributed by atoms with Gasteiger partial charge in [-0.3, -0.25) is 0 Å². The molecule has 2 N–H and O–H groups in total. The molecule has 0 radical (unpaired) electrons.